The minimum atomic E-state index is -1.45. The van der Waals surface area contributed by atoms with Gasteiger partial charge in [0.15, 0.2) is 0 Å². The Morgan fingerprint density at radius 2 is 1.65 bits per heavy atom. The molecule has 0 amide bonds. The molecule has 0 saturated heterocycles. The summed E-state index contributed by atoms with van der Waals surface area (Å²) in [5, 5.41) is 20.0. The molecule has 0 aliphatic rings. The standard InChI is InChI=1S/C14H20O4.Hg.H3N/c1-4-18-13(17)14(10(2)15,11(3)16)12-8-6-5-7-9-12;;/h5-11,15-16H,4H2,1-3H3;;1H3. The fourth-order valence-corrected chi connectivity index (χ4v) is 2.25. The van der Waals surface area contributed by atoms with Crippen molar-refractivity contribution < 1.29 is 47.4 Å². The molecule has 2 unspecified atom stereocenters. The van der Waals surface area contributed by atoms with Gasteiger partial charge >= 0.3 is 5.97 Å². The van der Waals surface area contributed by atoms with Crippen molar-refractivity contribution in [3.63, 3.8) is 0 Å². The second-order valence-corrected chi connectivity index (χ2v) is 4.31. The zero-order valence-corrected chi connectivity index (χ0v) is 17.9. The third-order valence-corrected chi connectivity index (χ3v) is 3.18. The van der Waals surface area contributed by atoms with E-state index in [0.29, 0.717) is 5.56 Å². The molecule has 1 aromatic rings. The van der Waals surface area contributed by atoms with Gasteiger partial charge in [-0.3, -0.25) is 4.79 Å². The number of ether oxygens (including phenoxy) is 1. The van der Waals surface area contributed by atoms with Gasteiger partial charge in [0.05, 0.1) is 18.8 Å². The molecule has 20 heavy (non-hydrogen) atoms. The zero-order valence-electron chi connectivity index (χ0n) is 12.4. The molecule has 110 valence electrons. The number of hydrogen-bond donors (Lipinski definition) is 3. The predicted molar refractivity (Wildman–Crippen MR) is 73.1 cm³/mol. The number of rotatable bonds is 5. The van der Waals surface area contributed by atoms with Crippen LogP contribution in [-0.4, -0.2) is 35.0 Å². The third kappa shape index (κ3) is 4.01. The van der Waals surface area contributed by atoms with Gasteiger partial charge in [-0.1, -0.05) is 30.3 Å². The fourth-order valence-electron chi connectivity index (χ4n) is 2.25. The molecule has 0 saturated carbocycles. The van der Waals surface area contributed by atoms with Crippen LogP contribution in [0.25, 0.3) is 0 Å². The molecule has 0 fully saturated rings. The van der Waals surface area contributed by atoms with Crippen molar-refractivity contribution in [1.29, 1.82) is 0 Å². The topological polar surface area (TPSA) is 102 Å². The molecule has 0 spiro atoms. The summed E-state index contributed by atoms with van der Waals surface area (Å²) >= 11 is 0. The van der Waals surface area contributed by atoms with Crippen LogP contribution in [-0.2, 0) is 42.6 Å². The molecule has 0 aliphatic heterocycles. The Kier molecular flexibility index (Phi) is 10.3. The van der Waals surface area contributed by atoms with Gasteiger partial charge in [0.25, 0.3) is 0 Å². The predicted octanol–water partition coefficient (Wildman–Crippen LogP) is 1.41. The molecule has 5 nitrogen and oxygen atoms in total. The number of aliphatic hydroxyl groups is 2. The van der Waals surface area contributed by atoms with Gasteiger partial charge < -0.3 is 21.1 Å². The van der Waals surface area contributed by atoms with Gasteiger partial charge in [0.1, 0.15) is 5.41 Å². The minimum absolute atomic E-state index is 0. The summed E-state index contributed by atoms with van der Waals surface area (Å²) in [6.07, 6.45) is -2.11. The van der Waals surface area contributed by atoms with Crippen LogP contribution in [0.4, 0.5) is 0 Å². The maximum absolute atomic E-state index is 12.2. The van der Waals surface area contributed by atoms with Gasteiger partial charge in [-0.05, 0) is 26.3 Å². The van der Waals surface area contributed by atoms with Crippen LogP contribution in [0, 0.1) is 0 Å². The molecule has 0 aromatic heterocycles. The Hall–Kier alpha value is -0.495. The van der Waals surface area contributed by atoms with E-state index in [-0.39, 0.29) is 40.4 Å². The van der Waals surface area contributed by atoms with Crippen molar-refractivity contribution >= 4 is 5.97 Å². The Labute approximate surface area is 140 Å². The van der Waals surface area contributed by atoms with Crippen molar-refractivity contribution in [2.45, 2.75) is 38.4 Å². The monoisotopic (exact) mass is 471 g/mol. The Morgan fingerprint density at radius 3 is 2.00 bits per heavy atom. The van der Waals surface area contributed by atoms with E-state index in [2.05, 4.69) is 0 Å². The smallest absolute Gasteiger partial charge is 0.321 e. The van der Waals surface area contributed by atoms with Crippen molar-refractivity contribution in [3.05, 3.63) is 35.9 Å². The van der Waals surface area contributed by atoms with Crippen molar-refractivity contribution in [2.24, 2.45) is 0 Å². The first-order chi connectivity index (χ1) is 8.47. The molecule has 6 heteroatoms. The first-order valence-electron chi connectivity index (χ1n) is 6.06. The van der Waals surface area contributed by atoms with E-state index in [9.17, 15) is 15.0 Å². The Balaban J connectivity index is 0. The van der Waals surface area contributed by atoms with E-state index in [4.69, 9.17) is 4.74 Å². The van der Waals surface area contributed by atoms with Crippen molar-refractivity contribution in [1.82, 2.24) is 6.15 Å². The van der Waals surface area contributed by atoms with Gasteiger partial charge in [0.2, 0.25) is 0 Å². The third-order valence-electron chi connectivity index (χ3n) is 3.18. The minimum Gasteiger partial charge on any atom is -0.465 e. The Morgan fingerprint density at radius 1 is 1.20 bits per heavy atom. The molecule has 2 atom stereocenters. The van der Waals surface area contributed by atoms with Gasteiger partial charge in [-0.15, -0.1) is 0 Å². The van der Waals surface area contributed by atoms with Crippen molar-refractivity contribution in [2.75, 3.05) is 6.61 Å². The zero-order chi connectivity index (χ0) is 13.8. The molecule has 0 bridgehead atoms. The largest absolute Gasteiger partial charge is 0.465 e. The summed E-state index contributed by atoms with van der Waals surface area (Å²) in [5.41, 5.74) is -0.898. The summed E-state index contributed by atoms with van der Waals surface area (Å²) in [6, 6.07) is 8.73. The molecule has 1 aromatic carbocycles. The van der Waals surface area contributed by atoms with E-state index in [1.165, 1.54) is 13.8 Å². The van der Waals surface area contributed by atoms with Crippen LogP contribution in [0.5, 0.6) is 0 Å². The molecule has 0 radical (unpaired) electrons. The van der Waals surface area contributed by atoms with E-state index in [0.717, 1.165) is 0 Å². The second-order valence-electron chi connectivity index (χ2n) is 4.31. The fraction of sp³-hybridized carbons (Fsp3) is 0.500. The maximum atomic E-state index is 12.2. The second kappa shape index (κ2) is 9.44. The SMILES string of the molecule is CCOC(=O)C(c1ccccc1)(C(C)O)C(C)O.N.[Hg]. The normalized spacial score (nSPS) is 15.8. The summed E-state index contributed by atoms with van der Waals surface area (Å²) in [6.45, 7) is 4.86. The van der Waals surface area contributed by atoms with Gasteiger partial charge in [-0.2, -0.15) is 0 Å². The quantitative estimate of drug-likeness (QED) is 0.447. The van der Waals surface area contributed by atoms with Gasteiger partial charge in [0, 0.05) is 27.7 Å². The summed E-state index contributed by atoms with van der Waals surface area (Å²) in [4.78, 5) is 12.2. The summed E-state index contributed by atoms with van der Waals surface area (Å²) in [7, 11) is 0. The van der Waals surface area contributed by atoms with E-state index >= 15 is 0 Å². The number of carbonyl (C=O) groups excluding carboxylic acids is 1. The van der Waals surface area contributed by atoms with Crippen LogP contribution in [0.3, 0.4) is 0 Å². The molecule has 0 aliphatic carbocycles. The number of aliphatic hydroxyl groups excluding tert-OH is 2. The van der Waals surface area contributed by atoms with Crippen LogP contribution in [0.2, 0.25) is 0 Å². The first-order valence-corrected chi connectivity index (χ1v) is 6.06. The summed E-state index contributed by atoms with van der Waals surface area (Å²) < 4.78 is 5.03. The number of esters is 1. The number of hydrogen-bond acceptors (Lipinski definition) is 5. The molecule has 5 N–H and O–H groups in total. The summed E-state index contributed by atoms with van der Waals surface area (Å²) in [5.74, 6) is -0.610. The maximum Gasteiger partial charge on any atom is 0.321 e. The first kappa shape index (κ1) is 21.8. The van der Waals surface area contributed by atoms with E-state index < -0.39 is 23.6 Å². The number of benzene rings is 1. The molecule has 0 heterocycles. The Bertz CT molecular complexity index is 387. The van der Waals surface area contributed by atoms with Gasteiger partial charge in [-0.25, -0.2) is 0 Å². The van der Waals surface area contributed by atoms with Crippen LogP contribution >= 0.6 is 0 Å². The molecule has 1 rings (SSSR count). The average Bonchev–Trinajstić information content (AvgIpc) is 2.30. The number of carbonyl (C=O) groups is 1. The molecular formula is C14H23HgNO4. The average molecular weight is 470 g/mol. The van der Waals surface area contributed by atoms with Crippen molar-refractivity contribution in [3.8, 4) is 0 Å². The molecular weight excluding hydrogens is 447 g/mol. The van der Waals surface area contributed by atoms with Crippen LogP contribution < -0.4 is 6.15 Å². The van der Waals surface area contributed by atoms with Crippen LogP contribution in [0.15, 0.2) is 30.3 Å². The van der Waals surface area contributed by atoms with E-state index in [1.807, 2.05) is 6.07 Å². The van der Waals surface area contributed by atoms with E-state index in [1.54, 1.807) is 31.2 Å². The van der Waals surface area contributed by atoms with Crippen LogP contribution in [0.1, 0.15) is 26.3 Å².